The lowest BCUT2D eigenvalue weighted by molar-refractivity contribution is -0.688. The van der Waals surface area contributed by atoms with E-state index in [-0.39, 0.29) is 34.5 Å². The van der Waals surface area contributed by atoms with E-state index in [1.165, 1.54) is 5.56 Å². The van der Waals surface area contributed by atoms with Crippen LogP contribution in [-0.2, 0) is 19.4 Å². The smallest absolute Gasteiger partial charge is 0.180 e. The van der Waals surface area contributed by atoms with Crippen LogP contribution in [0, 0.1) is 5.92 Å². The van der Waals surface area contributed by atoms with Crippen LogP contribution in [0.3, 0.4) is 0 Å². The maximum atomic E-state index is 13.1. The molecule has 4 rings (SSSR count). The average molecular weight is 480 g/mol. The molecule has 1 aliphatic carbocycles. The van der Waals surface area contributed by atoms with Gasteiger partial charge in [-0.2, -0.15) is 0 Å². The molecule has 0 saturated heterocycles. The van der Waals surface area contributed by atoms with E-state index in [1.54, 1.807) is 14.0 Å². The van der Waals surface area contributed by atoms with Crippen LogP contribution >= 0.6 is 0 Å². The number of fused-ring (bicyclic) bond motifs is 1. The van der Waals surface area contributed by atoms with Gasteiger partial charge in [0.25, 0.3) is 0 Å². The first kappa shape index (κ1) is 22.9. The molecule has 1 heterocycles. The van der Waals surface area contributed by atoms with Crippen LogP contribution in [-0.4, -0.2) is 18.7 Å². The molecular formula is C26H26BrNO3. The van der Waals surface area contributed by atoms with Gasteiger partial charge in [0.1, 0.15) is 5.75 Å². The summed E-state index contributed by atoms with van der Waals surface area (Å²) >= 11 is 0. The molecule has 4 nitrogen and oxygen atoms in total. The minimum absolute atomic E-state index is 0. The number of carbonyl (C=O) groups excluding carboxylic acids is 2. The topological polar surface area (TPSA) is 47.2 Å². The van der Waals surface area contributed by atoms with Crippen molar-refractivity contribution in [2.75, 3.05) is 7.11 Å². The number of ether oxygens (including phenoxy) is 1. The van der Waals surface area contributed by atoms with Gasteiger partial charge in [-0.15, -0.1) is 0 Å². The predicted octanol–water partition coefficient (Wildman–Crippen LogP) is 1.23. The van der Waals surface area contributed by atoms with Gasteiger partial charge in [-0.25, -0.2) is 4.57 Å². The Morgan fingerprint density at radius 3 is 2.61 bits per heavy atom. The number of aromatic nitrogens is 1. The van der Waals surface area contributed by atoms with E-state index in [0.29, 0.717) is 18.5 Å². The standard InChI is InChI=1S/C26H26NO3.BrH/c1-18(28)25-17-27(16-19-6-4-3-5-7-19)13-12-21(25)14-22-9-8-20-15-23(30-2)10-11-24(20)26(22)29;/h3-7,10-13,15,17,22H,8-9,14,16H2,1-2H3;1H/q+1;/p-1. The Morgan fingerprint density at radius 2 is 1.90 bits per heavy atom. The number of aryl methyl sites for hydroxylation is 1. The summed E-state index contributed by atoms with van der Waals surface area (Å²) in [5, 5.41) is 0. The van der Waals surface area contributed by atoms with Crippen molar-refractivity contribution in [2.45, 2.75) is 32.7 Å². The van der Waals surface area contributed by atoms with Crippen molar-refractivity contribution in [1.29, 1.82) is 0 Å². The fourth-order valence-corrected chi connectivity index (χ4v) is 4.24. The Balaban J connectivity index is 0.00000272. The van der Waals surface area contributed by atoms with Gasteiger partial charge in [-0.05, 0) is 55.5 Å². The Kier molecular flexibility index (Phi) is 7.39. The number of ketones is 2. The molecule has 0 spiro atoms. The molecular weight excluding hydrogens is 454 g/mol. The molecule has 0 aliphatic heterocycles. The molecule has 1 aliphatic rings. The number of rotatable bonds is 6. The van der Waals surface area contributed by atoms with Crippen molar-refractivity contribution in [3.05, 3.63) is 94.8 Å². The Labute approximate surface area is 193 Å². The quantitative estimate of drug-likeness (QED) is 0.394. The Hall–Kier alpha value is -2.79. The number of pyridine rings is 1. The molecule has 0 N–H and O–H groups in total. The SMILES string of the molecule is COc1ccc2c(c1)CCC(Cc1cc[n+](Cc3ccccc3)cc1C(C)=O)C2=O.[Br-]. The number of methoxy groups -OCH3 is 1. The molecule has 0 amide bonds. The zero-order valence-corrected chi connectivity index (χ0v) is 19.4. The summed E-state index contributed by atoms with van der Waals surface area (Å²) in [5.41, 5.74) is 4.66. The van der Waals surface area contributed by atoms with Crippen LogP contribution in [0.4, 0.5) is 0 Å². The zero-order valence-electron chi connectivity index (χ0n) is 17.8. The molecule has 0 bridgehead atoms. The van der Waals surface area contributed by atoms with Gasteiger partial charge < -0.3 is 21.7 Å². The second-order valence-corrected chi connectivity index (χ2v) is 7.92. The van der Waals surface area contributed by atoms with E-state index in [2.05, 4.69) is 12.1 Å². The summed E-state index contributed by atoms with van der Waals surface area (Å²) in [7, 11) is 1.64. The number of halogens is 1. The third-order valence-electron chi connectivity index (χ3n) is 5.87. The Morgan fingerprint density at radius 1 is 1.13 bits per heavy atom. The van der Waals surface area contributed by atoms with E-state index >= 15 is 0 Å². The second kappa shape index (κ2) is 10.0. The maximum absolute atomic E-state index is 13.1. The molecule has 3 aromatic rings. The lowest BCUT2D eigenvalue weighted by Gasteiger charge is -2.24. The number of hydrogen-bond donors (Lipinski definition) is 0. The lowest BCUT2D eigenvalue weighted by Crippen LogP contribution is -3.00. The first-order valence-electron chi connectivity index (χ1n) is 10.3. The number of benzene rings is 2. The highest BCUT2D eigenvalue weighted by Gasteiger charge is 2.29. The summed E-state index contributed by atoms with van der Waals surface area (Å²) in [6.07, 6.45) is 6.14. The van der Waals surface area contributed by atoms with Crippen LogP contribution in [0.15, 0.2) is 67.0 Å². The van der Waals surface area contributed by atoms with E-state index in [9.17, 15) is 9.59 Å². The summed E-state index contributed by atoms with van der Waals surface area (Å²) < 4.78 is 7.31. The summed E-state index contributed by atoms with van der Waals surface area (Å²) in [6, 6.07) is 17.8. The lowest BCUT2D eigenvalue weighted by atomic mass is 9.79. The summed E-state index contributed by atoms with van der Waals surface area (Å²) in [6.45, 7) is 2.30. The number of nitrogens with zero attached hydrogens (tertiary/aromatic N) is 1. The van der Waals surface area contributed by atoms with Gasteiger partial charge >= 0.3 is 0 Å². The monoisotopic (exact) mass is 479 g/mol. The Bertz CT molecular complexity index is 1100. The molecule has 0 radical (unpaired) electrons. The van der Waals surface area contributed by atoms with Gasteiger partial charge in [-0.3, -0.25) is 9.59 Å². The maximum Gasteiger partial charge on any atom is 0.180 e. The van der Waals surface area contributed by atoms with Crippen molar-refractivity contribution in [3.8, 4) is 5.75 Å². The molecule has 1 aromatic heterocycles. The van der Waals surface area contributed by atoms with Crippen molar-refractivity contribution >= 4 is 11.6 Å². The van der Waals surface area contributed by atoms with Gasteiger partial charge in [0.05, 0.1) is 12.7 Å². The fraction of sp³-hybridized carbons (Fsp3) is 0.269. The third-order valence-corrected chi connectivity index (χ3v) is 5.87. The zero-order chi connectivity index (χ0) is 21.1. The van der Waals surface area contributed by atoms with Crippen molar-refractivity contribution in [2.24, 2.45) is 5.92 Å². The van der Waals surface area contributed by atoms with Gasteiger partial charge in [0.2, 0.25) is 0 Å². The first-order valence-corrected chi connectivity index (χ1v) is 10.3. The second-order valence-electron chi connectivity index (χ2n) is 7.92. The van der Waals surface area contributed by atoms with Crippen LogP contribution in [0.2, 0.25) is 0 Å². The minimum atomic E-state index is -0.103. The fourth-order valence-electron chi connectivity index (χ4n) is 4.24. The summed E-state index contributed by atoms with van der Waals surface area (Å²) in [4.78, 5) is 25.4. The highest BCUT2D eigenvalue weighted by atomic mass is 79.9. The van der Waals surface area contributed by atoms with E-state index in [1.807, 2.05) is 59.4 Å². The highest BCUT2D eigenvalue weighted by molar-refractivity contribution is 6.01. The molecule has 1 unspecified atom stereocenters. The number of carbonyl (C=O) groups is 2. The number of Topliss-reactive ketones (excluding diaryl/α,β-unsaturated/α-hetero) is 2. The van der Waals surface area contributed by atoms with Gasteiger partial charge in [0.15, 0.2) is 30.5 Å². The van der Waals surface area contributed by atoms with Gasteiger partial charge in [-0.1, -0.05) is 30.3 Å². The van der Waals surface area contributed by atoms with Crippen LogP contribution in [0.1, 0.15) is 50.8 Å². The normalized spacial score (nSPS) is 15.0. The van der Waals surface area contributed by atoms with E-state index in [4.69, 9.17) is 4.74 Å². The van der Waals surface area contributed by atoms with Crippen LogP contribution in [0.5, 0.6) is 5.75 Å². The van der Waals surface area contributed by atoms with Crippen molar-refractivity contribution in [3.63, 3.8) is 0 Å². The first-order chi connectivity index (χ1) is 14.5. The molecule has 0 saturated carbocycles. The third kappa shape index (κ3) is 5.10. The largest absolute Gasteiger partial charge is 1.00 e. The van der Waals surface area contributed by atoms with Crippen LogP contribution in [0.25, 0.3) is 0 Å². The van der Waals surface area contributed by atoms with E-state index < -0.39 is 0 Å². The molecule has 5 heteroatoms. The molecule has 2 aromatic carbocycles. The molecule has 31 heavy (non-hydrogen) atoms. The minimum Gasteiger partial charge on any atom is -1.00 e. The summed E-state index contributed by atoms with van der Waals surface area (Å²) in [5.74, 6) is 0.870. The number of hydrogen-bond acceptors (Lipinski definition) is 3. The molecule has 160 valence electrons. The average Bonchev–Trinajstić information content (AvgIpc) is 2.77. The van der Waals surface area contributed by atoms with E-state index in [0.717, 1.165) is 35.3 Å². The van der Waals surface area contributed by atoms with Gasteiger partial charge in [0, 0.05) is 23.1 Å². The predicted molar refractivity (Wildman–Crippen MR) is 115 cm³/mol. The van der Waals surface area contributed by atoms with Crippen LogP contribution < -0.4 is 26.3 Å². The highest BCUT2D eigenvalue weighted by Crippen LogP contribution is 2.31. The molecule has 1 atom stereocenters. The van der Waals surface area contributed by atoms with Crippen molar-refractivity contribution < 1.29 is 35.9 Å². The van der Waals surface area contributed by atoms with Crippen molar-refractivity contribution in [1.82, 2.24) is 0 Å². The molecule has 0 fully saturated rings.